The first-order chi connectivity index (χ1) is 8.56. The molecule has 1 atom stereocenters. The van der Waals surface area contributed by atoms with Gasteiger partial charge in [-0.3, -0.25) is 0 Å². The molecular weight excluding hydrogens is 231 g/mol. The Labute approximate surface area is 107 Å². The highest BCUT2D eigenvalue weighted by molar-refractivity contribution is 5.89. The van der Waals surface area contributed by atoms with Crippen LogP contribution in [0.5, 0.6) is 0 Å². The zero-order valence-electron chi connectivity index (χ0n) is 10.9. The molecule has 1 fully saturated rings. The summed E-state index contributed by atoms with van der Waals surface area (Å²) in [6, 6.07) is 4.62. The lowest BCUT2D eigenvalue weighted by atomic mass is 10.0. The second-order valence-electron chi connectivity index (χ2n) is 5.09. The third-order valence-corrected chi connectivity index (χ3v) is 3.37. The van der Waals surface area contributed by atoms with Gasteiger partial charge < -0.3 is 10.2 Å². The Balaban J connectivity index is 2.00. The Morgan fingerprint density at radius 2 is 2.28 bits per heavy atom. The van der Waals surface area contributed by atoms with E-state index in [9.17, 15) is 9.18 Å². The first kappa shape index (κ1) is 12.9. The molecule has 0 saturated carbocycles. The standard InChI is InChI=1S/C14H19FN2O/c1-10-4-3-7-17(9-10)14(18)16-12-6-5-11(2)13(15)8-12/h5-6,8,10H,3-4,7,9H2,1-2H3,(H,16,18). The Kier molecular flexibility index (Phi) is 3.84. The van der Waals surface area contributed by atoms with E-state index in [4.69, 9.17) is 0 Å². The molecule has 1 aliphatic rings. The fourth-order valence-electron chi connectivity index (χ4n) is 2.25. The van der Waals surface area contributed by atoms with Crippen molar-refractivity contribution in [1.82, 2.24) is 4.90 Å². The number of benzene rings is 1. The molecule has 2 rings (SSSR count). The molecule has 0 radical (unpaired) electrons. The van der Waals surface area contributed by atoms with E-state index in [1.54, 1.807) is 24.0 Å². The van der Waals surface area contributed by atoms with Crippen molar-refractivity contribution in [2.24, 2.45) is 5.92 Å². The molecule has 98 valence electrons. The van der Waals surface area contributed by atoms with Gasteiger partial charge in [0.1, 0.15) is 5.82 Å². The summed E-state index contributed by atoms with van der Waals surface area (Å²) < 4.78 is 13.4. The number of nitrogens with zero attached hydrogens (tertiary/aromatic N) is 1. The molecule has 18 heavy (non-hydrogen) atoms. The smallest absolute Gasteiger partial charge is 0.321 e. The van der Waals surface area contributed by atoms with E-state index in [-0.39, 0.29) is 11.8 Å². The average Bonchev–Trinajstić information content (AvgIpc) is 2.34. The number of nitrogens with one attached hydrogen (secondary N) is 1. The number of piperidine rings is 1. The Bertz CT molecular complexity index is 447. The molecule has 1 N–H and O–H groups in total. The van der Waals surface area contributed by atoms with E-state index in [0.717, 1.165) is 19.5 Å². The van der Waals surface area contributed by atoms with Gasteiger partial charge in [-0.05, 0) is 43.4 Å². The van der Waals surface area contributed by atoms with Crippen LogP contribution in [0.3, 0.4) is 0 Å². The first-order valence-corrected chi connectivity index (χ1v) is 6.38. The highest BCUT2D eigenvalue weighted by Gasteiger charge is 2.20. The van der Waals surface area contributed by atoms with E-state index in [1.165, 1.54) is 12.5 Å². The van der Waals surface area contributed by atoms with Crippen molar-refractivity contribution in [2.75, 3.05) is 18.4 Å². The van der Waals surface area contributed by atoms with Crippen molar-refractivity contribution in [3.63, 3.8) is 0 Å². The van der Waals surface area contributed by atoms with Crippen LogP contribution < -0.4 is 5.32 Å². The third-order valence-electron chi connectivity index (χ3n) is 3.37. The summed E-state index contributed by atoms with van der Waals surface area (Å²) >= 11 is 0. The molecule has 0 bridgehead atoms. The lowest BCUT2D eigenvalue weighted by Gasteiger charge is -2.30. The van der Waals surface area contributed by atoms with Gasteiger partial charge in [0.05, 0.1) is 0 Å². The van der Waals surface area contributed by atoms with Crippen LogP contribution in [0.15, 0.2) is 18.2 Å². The number of hydrogen-bond acceptors (Lipinski definition) is 1. The average molecular weight is 250 g/mol. The van der Waals surface area contributed by atoms with Gasteiger partial charge in [0.15, 0.2) is 0 Å². The van der Waals surface area contributed by atoms with E-state index in [2.05, 4.69) is 12.2 Å². The topological polar surface area (TPSA) is 32.3 Å². The molecule has 1 heterocycles. The van der Waals surface area contributed by atoms with Crippen molar-refractivity contribution >= 4 is 11.7 Å². The summed E-state index contributed by atoms with van der Waals surface area (Å²) in [5, 5.41) is 2.75. The van der Waals surface area contributed by atoms with Gasteiger partial charge >= 0.3 is 6.03 Å². The highest BCUT2D eigenvalue weighted by Crippen LogP contribution is 2.18. The van der Waals surface area contributed by atoms with Gasteiger partial charge in [-0.25, -0.2) is 9.18 Å². The van der Waals surface area contributed by atoms with Gasteiger partial charge in [-0.2, -0.15) is 0 Å². The number of carbonyl (C=O) groups is 1. The molecule has 1 aromatic rings. The minimum Gasteiger partial charge on any atom is -0.324 e. The minimum absolute atomic E-state index is 0.134. The molecule has 1 aliphatic heterocycles. The maximum Gasteiger partial charge on any atom is 0.321 e. The summed E-state index contributed by atoms with van der Waals surface area (Å²) in [5.74, 6) is 0.249. The zero-order valence-corrected chi connectivity index (χ0v) is 10.9. The SMILES string of the molecule is Cc1ccc(NC(=O)N2CCCC(C)C2)cc1F. The summed E-state index contributed by atoms with van der Waals surface area (Å²) in [6.07, 6.45) is 2.21. The van der Waals surface area contributed by atoms with Crippen LogP contribution in [0, 0.1) is 18.7 Å². The van der Waals surface area contributed by atoms with Crippen LogP contribution in [0.4, 0.5) is 14.9 Å². The van der Waals surface area contributed by atoms with E-state index < -0.39 is 0 Å². The van der Waals surface area contributed by atoms with Crippen LogP contribution in [-0.4, -0.2) is 24.0 Å². The molecule has 1 aromatic carbocycles. The van der Waals surface area contributed by atoms with Crippen molar-refractivity contribution in [3.05, 3.63) is 29.6 Å². The van der Waals surface area contributed by atoms with Gasteiger partial charge in [0, 0.05) is 18.8 Å². The number of rotatable bonds is 1. The molecule has 2 amide bonds. The molecule has 4 heteroatoms. The van der Waals surface area contributed by atoms with Crippen LogP contribution in [0.1, 0.15) is 25.3 Å². The number of anilines is 1. The zero-order chi connectivity index (χ0) is 13.1. The van der Waals surface area contributed by atoms with Crippen LogP contribution >= 0.6 is 0 Å². The lowest BCUT2D eigenvalue weighted by molar-refractivity contribution is 0.182. The normalized spacial score (nSPS) is 19.7. The van der Waals surface area contributed by atoms with E-state index >= 15 is 0 Å². The van der Waals surface area contributed by atoms with Gasteiger partial charge in [-0.15, -0.1) is 0 Å². The first-order valence-electron chi connectivity index (χ1n) is 6.38. The summed E-state index contributed by atoms with van der Waals surface area (Å²) in [7, 11) is 0. The van der Waals surface area contributed by atoms with Crippen LogP contribution in [0.25, 0.3) is 0 Å². The minimum atomic E-state index is -0.292. The van der Waals surface area contributed by atoms with Crippen molar-refractivity contribution in [2.45, 2.75) is 26.7 Å². The summed E-state index contributed by atoms with van der Waals surface area (Å²) in [4.78, 5) is 13.8. The number of urea groups is 1. The number of aryl methyl sites for hydroxylation is 1. The quantitative estimate of drug-likeness (QED) is 0.814. The third kappa shape index (κ3) is 3.00. The number of hydrogen-bond donors (Lipinski definition) is 1. The van der Waals surface area contributed by atoms with E-state index in [0.29, 0.717) is 17.2 Å². The van der Waals surface area contributed by atoms with E-state index in [1.807, 2.05) is 0 Å². The van der Waals surface area contributed by atoms with Gasteiger partial charge in [0.25, 0.3) is 0 Å². The second-order valence-corrected chi connectivity index (χ2v) is 5.09. The highest BCUT2D eigenvalue weighted by atomic mass is 19.1. The second kappa shape index (κ2) is 5.38. The number of halogens is 1. The summed E-state index contributed by atoms with van der Waals surface area (Å²) in [5.41, 5.74) is 1.10. The molecule has 3 nitrogen and oxygen atoms in total. The predicted molar refractivity (Wildman–Crippen MR) is 70.1 cm³/mol. The Morgan fingerprint density at radius 1 is 1.50 bits per heavy atom. The molecular formula is C14H19FN2O. The molecule has 0 aliphatic carbocycles. The Morgan fingerprint density at radius 3 is 2.94 bits per heavy atom. The van der Waals surface area contributed by atoms with Crippen LogP contribution in [-0.2, 0) is 0 Å². The number of carbonyl (C=O) groups excluding carboxylic acids is 1. The van der Waals surface area contributed by atoms with Gasteiger partial charge in [-0.1, -0.05) is 13.0 Å². The molecule has 1 unspecified atom stereocenters. The molecule has 0 aromatic heterocycles. The fourth-order valence-corrected chi connectivity index (χ4v) is 2.25. The largest absolute Gasteiger partial charge is 0.324 e. The van der Waals surface area contributed by atoms with Gasteiger partial charge in [0.2, 0.25) is 0 Å². The van der Waals surface area contributed by atoms with Crippen molar-refractivity contribution in [1.29, 1.82) is 0 Å². The number of likely N-dealkylation sites (tertiary alicyclic amines) is 1. The fraction of sp³-hybridized carbons (Fsp3) is 0.500. The Hall–Kier alpha value is -1.58. The maximum absolute atomic E-state index is 13.4. The molecule has 0 spiro atoms. The monoisotopic (exact) mass is 250 g/mol. The van der Waals surface area contributed by atoms with Crippen molar-refractivity contribution in [3.8, 4) is 0 Å². The summed E-state index contributed by atoms with van der Waals surface area (Å²) in [6.45, 7) is 5.41. The molecule has 1 saturated heterocycles. The van der Waals surface area contributed by atoms with Crippen molar-refractivity contribution < 1.29 is 9.18 Å². The number of amides is 2. The van der Waals surface area contributed by atoms with Crippen LogP contribution in [0.2, 0.25) is 0 Å². The predicted octanol–water partition coefficient (Wildman–Crippen LogP) is 3.40. The lowest BCUT2D eigenvalue weighted by Crippen LogP contribution is -2.41. The maximum atomic E-state index is 13.4.